The lowest BCUT2D eigenvalue weighted by molar-refractivity contribution is -0.159. The second-order valence-corrected chi connectivity index (χ2v) is 11.1. The van der Waals surface area contributed by atoms with E-state index in [1.54, 1.807) is 5.43 Å². The maximum absolute atomic E-state index is 13.3. The summed E-state index contributed by atoms with van der Waals surface area (Å²) >= 11 is 5.81. The standard InChI is InChI=1S/C34H22ClF6N3O9/c35-23-11-7-17(8-12-23)27(45)42-24-13-9-18(10-14-24)28(46)43-44-29(47)25(52-31(50)19-3-1-5-21(15-19)33(36,37)38)26(30(48)49)53-32(51)20-4-2-6-22(16-20)34(39,40)41/h1-16,25-26H,(H,42,45)(H,43,46)(H,44,47)(H,48,49)/t25-,26+/m1/s1. The molecule has 4 N–H and O–H groups in total. The third-order valence-electron chi connectivity index (χ3n) is 6.91. The zero-order valence-electron chi connectivity index (χ0n) is 26.3. The van der Waals surface area contributed by atoms with Crippen molar-refractivity contribution in [2.45, 2.75) is 24.6 Å². The van der Waals surface area contributed by atoms with Gasteiger partial charge in [0.25, 0.3) is 17.7 Å². The van der Waals surface area contributed by atoms with Crippen molar-refractivity contribution in [3.63, 3.8) is 0 Å². The van der Waals surface area contributed by atoms with Crippen LogP contribution in [0.4, 0.5) is 32.0 Å². The van der Waals surface area contributed by atoms with Crippen LogP contribution in [0.3, 0.4) is 0 Å². The monoisotopic (exact) mass is 765 g/mol. The van der Waals surface area contributed by atoms with Gasteiger partial charge in [0.05, 0.1) is 22.3 Å². The summed E-state index contributed by atoms with van der Waals surface area (Å²) < 4.78 is 89.0. The van der Waals surface area contributed by atoms with Crippen molar-refractivity contribution in [3.8, 4) is 0 Å². The smallest absolute Gasteiger partial charge is 0.416 e. The molecule has 0 heterocycles. The van der Waals surface area contributed by atoms with Crippen LogP contribution in [0.2, 0.25) is 5.02 Å². The summed E-state index contributed by atoms with van der Waals surface area (Å²) in [4.78, 5) is 76.3. The van der Waals surface area contributed by atoms with Gasteiger partial charge in [0.2, 0.25) is 12.2 Å². The number of alkyl halides is 6. The van der Waals surface area contributed by atoms with Crippen molar-refractivity contribution >= 4 is 52.9 Å². The SMILES string of the molecule is O=C(NNC(=O)[C@H](OC(=O)c1cccc(C(F)(F)F)c1)[C@H](OC(=O)c1cccc(C(F)(F)F)c1)C(=O)O)c1ccc(NC(=O)c2ccc(Cl)cc2)cc1. The van der Waals surface area contributed by atoms with Gasteiger partial charge in [-0.1, -0.05) is 23.7 Å². The molecule has 0 spiro atoms. The van der Waals surface area contributed by atoms with Crippen LogP contribution >= 0.6 is 11.6 Å². The van der Waals surface area contributed by atoms with E-state index in [2.05, 4.69) is 5.32 Å². The Morgan fingerprint density at radius 2 is 1.04 bits per heavy atom. The lowest BCUT2D eigenvalue weighted by Crippen LogP contribution is -2.54. The summed E-state index contributed by atoms with van der Waals surface area (Å²) in [5.41, 5.74) is -0.365. The van der Waals surface area contributed by atoms with Gasteiger partial charge in [-0.3, -0.25) is 25.2 Å². The van der Waals surface area contributed by atoms with Crippen LogP contribution in [0.25, 0.3) is 0 Å². The Kier molecular flexibility index (Phi) is 12.1. The number of anilines is 1. The molecule has 0 aliphatic rings. The highest BCUT2D eigenvalue weighted by molar-refractivity contribution is 6.30. The molecular formula is C34H22ClF6N3O9. The molecule has 0 saturated heterocycles. The van der Waals surface area contributed by atoms with E-state index in [0.717, 1.165) is 24.3 Å². The van der Waals surface area contributed by atoms with Crippen LogP contribution in [0.1, 0.15) is 52.6 Å². The fourth-order valence-electron chi connectivity index (χ4n) is 4.28. The first kappa shape index (κ1) is 39.4. The van der Waals surface area contributed by atoms with E-state index in [0.29, 0.717) is 29.3 Å². The second kappa shape index (κ2) is 16.3. The van der Waals surface area contributed by atoms with Crippen molar-refractivity contribution in [3.05, 3.63) is 135 Å². The number of nitrogens with one attached hydrogen (secondary N) is 3. The maximum atomic E-state index is 13.3. The average molecular weight is 766 g/mol. The number of carboxylic acids is 1. The minimum atomic E-state index is -4.94. The van der Waals surface area contributed by atoms with Crippen molar-refractivity contribution < 1.29 is 69.7 Å². The molecule has 12 nitrogen and oxygen atoms in total. The number of carbonyl (C=O) groups excluding carboxylic acids is 5. The number of hydrogen-bond acceptors (Lipinski definition) is 8. The van der Waals surface area contributed by atoms with Crippen molar-refractivity contribution in [1.82, 2.24) is 10.9 Å². The number of aliphatic carboxylic acids is 1. The summed E-state index contributed by atoms with van der Waals surface area (Å²) in [6, 6.07) is 15.9. The van der Waals surface area contributed by atoms with Gasteiger partial charge in [-0.25, -0.2) is 14.4 Å². The normalized spacial score (nSPS) is 12.4. The zero-order chi connectivity index (χ0) is 39.1. The molecule has 0 bridgehead atoms. The first-order chi connectivity index (χ1) is 24.8. The Balaban J connectivity index is 1.54. The first-order valence-corrected chi connectivity index (χ1v) is 15.0. The number of amides is 3. The van der Waals surface area contributed by atoms with Gasteiger partial charge in [-0.15, -0.1) is 0 Å². The lowest BCUT2D eigenvalue weighted by Gasteiger charge is -2.24. The molecule has 276 valence electrons. The Hall–Kier alpha value is -6.43. The Bertz CT molecular complexity index is 2040. The molecule has 53 heavy (non-hydrogen) atoms. The summed E-state index contributed by atoms with van der Waals surface area (Å²) in [5, 5.41) is 12.8. The van der Waals surface area contributed by atoms with E-state index >= 15 is 0 Å². The molecule has 0 aromatic heterocycles. The molecule has 0 saturated carbocycles. The Morgan fingerprint density at radius 3 is 1.51 bits per heavy atom. The molecule has 0 radical (unpaired) electrons. The van der Waals surface area contributed by atoms with Gasteiger partial charge in [0.15, 0.2) is 0 Å². The summed E-state index contributed by atoms with van der Waals surface area (Å²) in [7, 11) is 0. The van der Waals surface area contributed by atoms with Crippen LogP contribution in [0.15, 0.2) is 97.1 Å². The van der Waals surface area contributed by atoms with Crippen LogP contribution in [0, 0.1) is 0 Å². The van der Waals surface area contributed by atoms with Gasteiger partial charge in [0.1, 0.15) is 0 Å². The molecule has 2 atom stereocenters. The largest absolute Gasteiger partial charge is 0.478 e. The lowest BCUT2D eigenvalue weighted by atomic mass is 10.1. The number of ether oxygens (including phenoxy) is 2. The zero-order valence-corrected chi connectivity index (χ0v) is 27.0. The molecule has 0 aliphatic heterocycles. The highest BCUT2D eigenvalue weighted by atomic mass is 35.5. The second-order valence-electron chi connectivity index (χ2n) is 10.6. The third-order valence-corrected chi connectivity index (χ3v) is 7.16. The summed E-state index contributed by atoms with van der Waals surface area (Å²) in [6.45, 7) is 0. The highest BCUT2D eigenvalue weighted by Gasteiger charge is 2.42. The molecule has 0 aliphatic carbocycles. The van der Waals surface area contributed by atoms with Crippen LogP contribution in [0.5, 0.6) is 0 Å². The highest BCUT2D eigenvalue weighted by Crippen LogP contribution is 2.31. The number of halogens is 7. The van der Waals surface area contributed by atoms with E-state index < -0.39 is 82.4 Å². The van der Waals surface area contributed by atoms with E-state index in [1.807, 2.05) is 5.43 Å². The predicted molar refractivity (Wildman–Crippen MR) is 170 cm³/mol. The fraction of sp³-hybridized carbons (Fsp3) is 0.118. The average Bonchev–Trinajstić information content (AvgIpc) is 3.11. The van der Waals surface area contributed by atoms with E-state index in [1.165, 1.54) is 48.5 Å². The van der Waals surface area contributed by atoms with E-state index in [-0.39, 0.29) is 16.8 Å². The molecule has 4 aromatic rings. The fourth-order valence-corrected chi connectivity index (χ4v) is 4.40. The summed E-state index contributed by atoms with van der Waals surface area (Å²) in [6.07, 6.45) is -15.5. The number of carboxylic acid groups (broad SMARTS) is 1. The van der Waals surface area contributed by atoms with Crippen LogP contribution in [-0.2, 0) is 31.4 Å². The number of esters is 2. The maximum Gasteiger partial charge on any atom is 0.416 e. The van der Waals surface area contributed by atoms with E-state index in [9.17, 15) is 60.2 Å². The van der Waals surface area contributed by atoms with Gasteiger partial charge in [0, 0.05) is 21.8 Å². The molecule has 19 heteroatoms. The van der Waals surface area contributed by atoms with Gasteiger partial charge < -0.3 is 19.9 Å². The molecule has 4 aromatic carbocycles. The Morgan fingerprint density at radius 1 is 0.585 bits per heavy atom. The number of hydrazine groups is 1. The van der Waals surface area contributed by atoms with Crippen LogP contribution < -0.4 is 16.2 Å². The number of carbonyl (C=O) groups is 6. The van der Waals surface area contributed by atoms with Gasteiger partial charge in [-0.2, -0.15) is 26.3 Å². The number of hydrogen-bond donors (Lipinski definition) is 4. The van der Waals surface area contributed by atoms with Crippen LogP contribution in [-0.4, -0.2) is 52.9 Å². The summed E-state index contributed by atoms with van der Waals surface area (Å²) in [5.74, 6) is -8.92. The first-order valence-electron chi connectivity index (χ1n) is 14.6. The van der Waals surface area contributed by atoms with E-state index in [4.69, 9.17) is 21.1 Å². The molecule has 0 unspecified atom stereocenters. The van der Waals surface area contributed by atoms with Gasteiger partial charge >= 0.3 is 30.3 Å². The third kappa shape index (κ3) is 10.5. The Labute approximate surface area is 298 Å². The van der Waals surface area contributed by atoms with Gasteiger partial charge in [-0.05, 0) is 84.9 Å². The quantitative estimate of drug-likeness (QED) is 0.0867. The molecule has 3 amide bonds. The number of rotatable bonds is 10. The molecule has 4 rings (SSSR count). The van der Waals surface area contributed by atoms with Crippen molar-refractivity contribution in [2.24, 2.45) is 0 Å². The molecule has 0 fully saturated rings. The minimum Gasteiger partial charge on any atom is -0.478 e. The number of benzene rings is 4. The topological polar surface area (TPSA) is 177 Å². The predicted octanol–water partition coefficient (Wildman–Crippen LogP) is 5.93. The minimum absolute atomic E-state index is 0.155. The molecular weight excluding hydrogens is 744 g/mol. The van der Waals surface area contributed by atoms with Crippen molar-refractivity contribution in [1.29, 1.82) is 0 Å². The van der Waals surface area contributed by atoms with Crippen molar-refractivity contribution in [2.75, 3.05) is 5.32 Å².